The zero-order valence-electron chi connectivity index (χ0n) is 15.4. The molecular weight excluding hydrogens is 447 g/mol. The Kier molecular flexibility index (Phi) is 10.0. The average Bonchev–Trinajstić information content (AvgIpc) is 3.08. The van der Waals surface area contributed by atoms with Gasteiger partial charge in [-0.3, -0.25) is 4.79 Å². The highest BCUT2D eigenvalue weighted by molar-refractivity contribution is 14.0. The number of nitrogens with zero attached hydrogens (tertiary/aromatic N) is 1. The minimum atomic E-state index is -0.580. The standard InChI is InChI=1S/C18H30N4O3.HI/c1-2-20-17(21-12-14-6-7-15(25-14)16(19)24)22-13-18(10-11-23)8-4-3-5-9-18;/h6-7,23H,2-5,8-13H2,1H3,(H2,19,24)(H2,20,21,22);1H. The summed E-state index contributed by atoms with van der Waals surface area (Å²) in [6.07, 6.45) is 6.82. The first-order chi connectivity index (χ1) is 12.1. The van der Waals surface area contributed by atoms with E-state index >= 15 is 0 Å². The Balaban J connectivity index is 0.00000338. The Hall–Kier alpha value is -1.29. The molecule has 1 aliphatic carbocycles. The summed E-state index contributed by atoms with van der Waals surface area (Å²) in [6, 6.07) is 3.27. The highest BCUT2D eigenvalue weighted by Gasteiger charge is 2.31. The number of nitrogens with one attached hydrogen (secondary N) is 2. The number of furan rings is 1. The van der Waals surface area contributed by atoms with Gasteiger partial charge in [0.25, 0.3) is 5.91 Å². The number of rotatable bonds is 8. The fourth-order valence-electron chi connectivity index (χ4n) is 3.42. The lowest BCUT2D eigenvalue weighted by Crippen LogP contribution is -2.44. The first-order valence-corrected chi connectivity index (χ1v) is 9.10. The van der Waals surface area contributed by atoms with Crippen molar-refractivity contribution in [2.45, 2.75) is 52.0 Å². The second-order valence-electron chi connectivity index (χ2n) is 6.71. The van der Waals surface area contributed by atoms with Gasteiger partial charge in [0, 0.05) is 19.7 Å². The van der Waals surface area contributed by atoms with Gasteiger partial charge in [-0.2, -0.15) is 0 Å². The molecule has 26 heavy (non-hydrogen) atoms. The molecule has 1 aromatic rings. The maximum absolute atomic E-state index is 11.1. The van der Waals surface area contributed by atoms with Gasteiger partial charge in [-0.05, 0) is 43.7 Å². The Morgan fingerprint density at radius 1 is 1.31 bits per heavy atom. The Morgan fingerprint density at radius 2 is 2.04 bits per heavy atom. The molecule has 2 rings (SSSR count). The number of carbonyl (C=O) groups excluding carboxylic acids is 1. The lowest BCUT2D eigenvalue weighted by Gasteiger charge is -2.37. The maximum Gasteiger partial charge on any atom is 0.284 e. The van der Waals surface area contributed by atoms with E-state index < -0.39 is 5.91 Å². The van der Waals surface area contributed by atoms with Crippen molar-refractivity contribution in [2.24, 2.45) is 16.1 Å². The van der Waals surface area contributed by atoms with Crippen LogP contribution in [-0.4, -0.2) is 36.7 Å². The summed E-state index contributed by atoms with van der Waals surface area (Å²) in [5, 5.41) is 16.1. The summed E-state index contributed by atoms with van der Waals surface area (Å²) in [7, 11) is 0. The Bertz CT molecular complexity index is 577. The third-order valence-electron chi connectivity index (χ3n) is 4.83. The van der Waals surface area contributed by atoms with Crippen LogP contribution in [0, 0.1) is 5.41 Å². The monoisotopic (exact) mass is 478 g/mol. The molecule has 1 heterocycles. The fourth-order valence-corrected chi connectivity index (χ4v) is 3.42. The third-order valence-corrected chi connectivity index (χ3v) is 4.83. The van der Waals surface area contributed by atoms with E-state index in [2.05, 4.69) is 15.6 Å². The molecule has 0 bridgehead atoms. The van der Waals surface area contributed by atoms with Crippen molar-refractivity contribution in [3.05, 3.63) is 23.7 Å². The van der Waals surface area contributed by atoms with Gasteiger partial charge in [0.05, 0.1) is 0 Å². The van der Waals surface area contributed by atoms with Crippen molar-refractivity contribution >= 4 is 35.8 Å². The Morgan fingerprint density at radius 3 is 2.62 bits per heavy atom. The van der Waals surface area contributed by atoms with Gasteiger partial charge in [-0.15, -0.1) is 24.0 Å². The number of nitrogens with two attached hydrogens (primary N) is 1. The number of aliphatic hydroxyl groups is 1. The Labute approximate surface area is 172 Å². The van der Waals surface area contributed by atoms with Crippen LogP contribution in [0.3, 0.4) is 0 Å². The van der Waals surface area contributed by atoms with E-state index in [1.165, 1.54) is 19.3 Å². The first-order valence-electron chi connectivity index (χ1n) is 9.10. The predicted molar refractivity (Wildman–Crippen MR) is 113 cm³/mol. The van der Waals surface area contributed by atoms with Crippen molar-refractivity contribution in [3.8, 4) is 0 Å². The second kappa shape index (κ2) is 11.4. The van der Waals surface area contributed by atoms with E-state index in [4.69, 9.17) is 10.2 Å². The van der Waals surface area contributed by atoms with Gasteiger partial charge in [0.15, 0.2) is 11.7 Å². The van der Waals surface area contributed by atoms with Gasteiger partial charge >= 0.3 is 0 Å². The number of halogens is 1. The van der Waals surface area contributed by atoms with Crippen molar-refractivity contribution in [3.63, 3.8) is 0 Å². The molecule has 1 saturated carbocycles. The molecule has 1 aliphatic rings. The van der Waals surface area contributed by atoms with Gasteiger partial charge in [-0.1, -0.05) is 19.3 Å². The van der Waals surface area contributed by atoms with Crippen LogP contribution in [0.15, 0.2) is 21.5 Å². The number of hydrogen-bond donors (Lipinski definition) is 4. The molecule has 8 heteroatoms. The largest absolute Gasteiger partial charge is 0.454 e. The van der Waals surface area contributed by atoms with E-state index in [0.717, 1.165) is 32.4 Å². The van der Waals surface area contributed by atoms with E-state index in [1.807, 2.05) is 6.92 Å². The molecule has 148 valence electrons. The molecule has 0 aliphatic heterocycles. The summed E-state index contributed by atoms with van der Waals surface area (Å²) in [6.45, 7) is 4.11. The fraction of sp³-hybridized carbons (Fsp3) is 0.667. The molecule has 0 unspecified atom stereocenters. The highest BCUT2D eigenvalue weighted by Crippen LogP contribution is 2.38. The molecule has 1 amide bonds. The second-order valence-corrected chi connectivity index (χ2v) is 6.71. The average molecular weight is 478 g/mol. The smallest absolute Gasteiger partial charge is 0.284 e. The van der Waals surface area contributed by atoms with Gasteiger partial charge in [0.2, 0.25) is 0 Å². The molecule has 0 radical (unpaired) electrons. The summed E-state index contributed by atoms with van der Waals surface area (Å²) in [5.74, 6) is 0.868. The van der Waals surface area contributed by atoms with Crippen molar-refractivity contribution in [2.75, 3.05) is 19.7 Å². The molecule has 0 saturated heterocycles. The normalized spacial score (nSPS) is 16.6. The number of hydrogen-bond acceptors (Lipinski definition) is 4. The number of carbonyl (C=O) groups is 1. The van der Waals surface area contributed by atoms with Crippen LogP contribution in [-0.2, 0) is 6.54 Å². The molecule has 0 spiro atoms. The quantitative estimate of drug-likeness (QED) is 0.260. The number of amides is 1. The number of aliphatic imine (C=N–C) groups is 1. The minimum Gasteiger partial charge on any atom is -0.454 e. The van der Waals surface area contributed by atoms with Crippen LogP contribution >= 0.6 is 24.0 Å². The van der Waals surface area contributed by atoms with Crippen LogP contribution < -0.4 is 16.4 Å². The van der Waals surface area contributed by atoms with E-state index in [1.54, 1.807) is 12.1 Å². The summed E-state index contributed by atoms with van der Waals surface area (Å²) in [4.78, 5) is 15.6. The minimum absolute atomic E-state index is 0. The number of primary amides is 1. The number of guanidine groups is 1. The molecule has 7 nitrogen and oxygen atoms in total. The molecule has 1 fully saturated rings. The highest BCUT2D eigenvalue weighted by atomic mass is 127. The van der Waals surface area contributed by atoms with Gasteiger partial charge < -0.3 is 25.9 Å². The summed E-state index contributed by atoms with van der Waals surface area (Å²) in [5.41, 5.74) is 5.34. The van der Waals surface area contributed by atoms with Crippen molar-refractivity contribution < 1.29 is 14.3 Å². The molecular formula is C18H31IN4O3. The zero-order valence-corrected chi connectivity index (χ0v) is 17.8. The van der Waals surface area contributed by atoms with Crippen LogP contribution in [0.1, 0.15) is 61.8 Å². The van der Waals surface area contributed by atoms with Crippen LogP contribution in [0.2, 0.25) is 0 Å². The number of aliphatic hydroxyl groups excluding tert-OH is 1. The van der Waals surface area contributed by atoms with Crippen LogP contribution in [0.4, 0.5) is 0 Å². The topological polar surface area (TPSA) is 113 Å². The summed E-state index contributed by atoms with van der Waals surface area (Å²) >= 11 is 0. The van der Waals surface area contributed by atoms with Crippen molar-refractivity contribution in [1.29, 1.82) is 0 Å². The van der Waals surface area contributed by atoms with Gasteiger partial charge in [-0.25, -0.2) is 4.99 Å². The van der Waals surface area contributed by atoms with E-state index in [9.17, 15) is 9.90 Å². The van der Waals surface area contributed by atoms with E-state index in [-0.39, 0.29) is 41.8 Å². The molecule has 0 aromatic carbocycles. The first kappa shape index (κ1) is 22.8. The van der Waals surface area contributed by atoms with E-state index in [0.29, 0.717) is 18.3 Å². The third kappa shape index (κ3) is 6.79. The van der Waals surface area contributed by atoms with Crippen LogP contribution in [0.5, 0.6) is 0 Å². The molecule has 5 N–H and O–H groups in total. The van der Waals surface area contributed by atoms with Crippen molar-refractivity contribution in [1.82, 2.24) is 10.6 Å². The zero-order chi connectivity index (χ0) is 18.1. The maximum atomic E-state index is 11.1. The van der Waals surface area contributed by atoms with Crippen LogP contribution in [0.25, 0.3) is 0 Å². The predicted octanol–water partition coefficient (Wildman–Crippen LogP) is 2.38. The lowest BCUT2D eigenvalue weighted by molar-refractivity contribution is 0.0972. The SMILES string of the molecule is CCNC(=NCc1ccc(C(N)=O)o1)NCC1(CCO)CCCCC1.I. The van der Waals surface area contributed by atoms with Gasteiger partial charge in [0.1, 0.15) is 12.3 Å². The molecule has 1 aromatic heterocycles. The summed E-state index contributed by atoms with van der Waals surface area (Å²) < 4.78 is 5.36. The lowest BCUT2D eigenvalue weighted by atomic mass is 9.72. The molecule has 0 atom stereocenters.